The second kappa shape index (κ2) is 8.99. The van der Waals surface area contributed by atoms with Gasteiger partial charge in [-0.05, 0) is 44.9 Å². The first-order chi connectivity index (χ1) is 9.88. The Hall–Kier alpha value is -0.290. The highest BCUT2D eigenvalue weighted by molar-refractivity contribution is 7.91. The minimum absolute atomic E-state index is 0.0606. The lowest BCUT2D eigenvalue weighted by Crippen LogP contribution is -2.26. The van der Waals surface area contributed by atoms with Crippen LogP contribution in [0.1, 0.15) is 39.5 Å². The highest BCUT2D eigenvalue weighted by atomic mass is 35.5. The zero-order valence-corrected chi connectivity index (χ0v) is 14.9. The third-order valence-corrected chi connectivity index (χ3v) is 6.01. The highest BCUT2D eigenvalue weighted by Gasteiger charge is 2.21. The van der Waals surface area contributed by atoms with Gasteiger partial charge in [0.05, 0.1) is 15.8 Å². The fourth-order valence-electron chi connectivity index (χ4n) is 2.12. The molecule has 1 N–H and O–H groups in total. The predicted molar refractivity (Wildman–Crippen MR) is 90.1 cm³/mol. The van der Waals surface area contributed by atoms with Gasteiger partial charge in [0.25, 0.3) is 0 Å². The predicted octanol–water partition coefficient (Wildman–Crippen LogP) is 4.33. The van der Waals surface area contributed by atoms with Crippen LogP contribution in [-0.2, 0) is 9.84 Å². The number of rotatable bonds is 9. The monoisotopic (exact) mass is 351 g/mol. The van der Waals surface area contributed by atoms with Crippen molar-refractivity contribution in [1.29, 1.82) is 0 Å². The van der Waals surface area contributed by atoms with Crippen molar-refractivity contribution < 1.29 is 8.42 Å². The first-order valence-electron chi connectivity index (χ1n) is 7.28. The maximum absolute atomic E-state index is 12.3. The Morgan fingerprint density at radius 1 is 1.19 bits per heavy atom. The van der Waals surface area contributed by atoms with Crippen molar-refractivity contribution >= 4 is 33.0 Å². The second-order valence-electron chi connectivity index (χ2n) is 5.22. The van der Waals surface area contributed by atoms with Crippen molar-refractivity contribution in [2.75, 3.05) is 12.3 Å². The number of hydrogen-bond donors (Lipinski definition) is 1. The Kier molecular flexibility index (Phi) is 8.03. The molecule has 1 aromatic rings. The first-order valence-corrected chi connectivity index (χ1v) is 9.69. The summed E-state index contributed by atoms with van der Waals surface area (Å²) < 4.78 is 24.6. The van der Waals surface area contributed by atoms with Gasteiger partial charge in [0, 0.05) is 6.04 Å². The van der Waals surface area contributed by atoms with E-state index in [0.717, 1.165) is 25.8 Å². The topological polar surface area (TPSA) is 46.2 Å². The summed E-state index contributed by atoms with van der Waals surface area (Å²) in [5, 5.41) is 3.78. The van der Waals surface area contributed by atoms with Crippen LogP contribution in [0.3, 0.4) is 0 Å². The van der Waals surface area contributed by atoms with Gasteiger partial charge in [0.15, 0.2) is 9.84 Å². The van der Waals surface area contributed by atoms with E-state index >= 15 is 0 Å². The van der Waals surface area contributed by atoms with E-state index in [4.69, 9.17) is 23.2 Å². The lowest BCUT2D eigenvalue weighted by atomic mass is 10.1. The molecule has 1 rings (SSSR count). The van der Waals surface area contributed by atoms with Gasteiger partial charge in [0.1, 0.15) is 4.90 Å². The van der Waals surface area contributed by atoms with Crippen molar-refractivity contribution in [3.63, 3.8) is 0 Å². The molecule has 0 aliphatic carbocycles. The van der Waals surface area contributed by atoms with Gasteiger partial charge < -0.3 is 5.32 Å². The van der Waals surface area contributed by atoms with Crippen molar-refractivity contribution in [3.05, 3.63) is 28.2 Å². The molecule has 1 atom stereocenters. The molecule has 0 aromatic heterocycles. The third-order valence-electron chi connectivity index (χ3n) is 3.27. The average Bonchev–Trinajstić information content (AvgIpc) is 2.41. The van der Waals surface area contributed by atoms with E-state index in [9.17, 15) is 8.42 Å². The maximum Gasteiger partial charge on any atom is 0.181 e. The zero-order chi connectivity index (χ0) is 15.9. The van der Waals surface area contributed by atoms with Crippen LogP contribution in [0.15, 0.2) is 23.1 Å². The molecule has 1 aromatic carbocycles. The van der Waals surface area contributed by atoms with Crippen molar-refractivity contribution in [2.24, 2.45) is 0 Å². The van der Waals surface area contributed by atoms with Crippen LogP contribution in [-0.4, -0.2) is 26.8 Å². The number of benzene rings is 1. The van der Waals surface area contributed by atoms with Crippen LogP contribution < -0.4 is 5.32 Å². The molecule has 1 unspecified atom stereocenters. The zero-order valence-electron chi connectivity index (χ0n) is 12.5. The largest absolute Gasteiger partial charge is 0.314 e. The number of halogens is 2. The molecule has 3 nitrogen and oxygen atoms in total. The first kappa shape index (κ1) is 18.8. The summed E-state index contributed by atoms with van der Waals surface area (Å²) in [5.41, 5.74) is 0. The molecule has 0 spiro atoms. The molecule has 0 saturated heterocycles. The fourth-order valence-corrected chi connectivity index (χ4v) is 4.74. The van der Waals surface area contributed by atoms with E-state index in [0.29, 0.717) is 12.5 Å². The molecular formula is C15H23Cl2NO2S. The average molecular weight is 352 g/mol. The van der Waals surface area contributed by atoms with E-state index < -0.39 is 9.84 Å². The summed E-state index contributed by atoms with van der Waals surface area (Å²) in [6.45, 7) is 5.24. The molecule has 0 amide bonds. The summed E-state index contributed by atoms with van der Waals surface area (Å²) >= 11 is 11.9. The molecule has 0 aliphatic rings. The number of sulfone groups is 1. The van der Waals surface area contributed by atoms with Crippen LogP contribution in [0, 0.1) is 0 Å². The summed E-state index contributed by atoms with van der Waals surface area (Å²) in [7, 11) is -3.42. The van der Waals surface area contributed by atoms with E-state index in [-0.39, 0.29) is 20.7 Å². The normalized spacial score (nSPS) is 13.3. The number of unbranched alkanes of at least 4 members (excludes halogenated alkanes) is 1. The van der Waals surface area contributed by atoms with Crippen LogP contribution in [0.4, 0.5) is 0 Å². The summed E-state index contributed by atoms with van der Waals surface area (Å²) in [6, 6.07) is 5.16. The maximum atomic E-state index is 12.3. The second-order valence-corrected chi connectivity index (χ2v) is 8.08. The lowest BCUT2D eigenvalue weighted by Gasteiger charge is -2.13. The smallest absolute Gasteiger partial charge is 0.181 e. The molecule has 21 heavy (non-hydrogen) atoms. The minimum atomic E-state index is -3.42. The van der Waals surface area contributed by atoms with Gasteiger partial charge in [-0.1, -0.05) is 42.6 Å². The molecular weight excluding hydrogens is 329 g/mol. The molecule has 0 aliphatic heterocycles. The van der Waals surface area contributed by atoms with Crippen molar-refractivity contribution in [1.82, 2.24) is 5.32 Å². The summed E-state index contributed by atoms with van der Waals surface area (Å²) in [4.78, 5) is 0.0606. The van der Waals surface area contributed by atoms with E-state index in [1.54, 1.807) is 18.2 Å². The van der Waals surface area contributed by atoms with Gasteiger partial charge >= 0.3 is 0 Å². The molecule has 120 valence electrons. The Labute approximate surface area is 137 Å². The Morgan fingerprint density at radius 2 is 1.81 bits per heavy atom. The third kappa shape index (κ3) is 6.15. The van der Waals surface area contributed by atoms with Gasteiger partial charge in [0.2, 0.25) is 0 Å². The van der Waals surface area contributed by atoms with Crippen LogP contribution in [0.5, 0.6) is 0 Å². The Balaban J connectivity index is 2.51. The molecule has 6 heteroatoms. The highest BCUT2D eigenvalue weighted by Crippen LogP contribution is 2.30. The van der Waals surface area contributed by atoms with E-state index in [2.05, 4.69) is 19.2 Å². The Morgan fingerprint density at radius 3 is 2.38 bits per heavy atom. The SMILES string of the molecule is CCCNC(C)CCCCS(=O)(=O)c1c(Cl)cccc1Cl. The van der Waals surface area contributed by atoms with Crippen LogP contribution >= 0.6 is 23.2 Å². The molecule has 0 radical (unpaired) electrons. The summed E-state index contributed by atoms with van der Waals surface area (Å²) in [5.74, 6) is 0.0803. The van der Waals surface area contributed by atoms with Gasteiger partial charge in [-0.15, -0.1) is 0 Å². The Bertz CT molecular complexity index is 526. The molecule has 0 fully saturated rings. The number of hydrogen-bond acceptors (Lipinski definition) is 3. The van der Waals surface area contributed by atoms with Crippen molar-refractivity contribution in [2.45, 2.75) is 50.5 Å². The van der Waals surface area contributed by atoms with Gasteiger partial charge in [-0.25, -0.2) is 8.42 Å². The fraction of sp³-hybridized carbons (Fsp3) is 0.600. The van der Waals surface area contributed by atoms with E-state index in [1.807, 2.05) is 0 Å². The van der Waals surface area contributed by atoms with Crippen LogP contribution in [0.2, 0.25) is 10.0 Å². The quantitative estimate of drug-likeness (QED) is 0.673. The van der Waals surface area contributed by atoms with Crippen molar-refractivity contribution in [3.8, 4) is 0 Å². The standard InChI is InChI=1S/C15H23Cl2NO2S/c1-3-10-18-12(2)7-4-5-11-21(19,20)15-13(16)8-6-9-14(15)17/h6,8-9,12,18H,3-5,7,10-11H2,1-2H3. The van der Waals surface area contributed by atoms with Crippen LogP contribution in [0.25, 0.3) is 0 Å². The number of nitrogens with one attached hydrogen (secondary N) is 1. The molecule has 0 heterocycles. The van der Waals surface area contributed by atoms with Gasteiger partial charge in [-0.3, -0.25) is 0 Å². The summed E-state index contributed by atoms with van der Waals surface area (Å²) in [6.07, 6.45) is 3.54. The van der Waals surface area contributed by atoms with Gasteiger partial charge in [-0.2, -0.15) is 0 Å². The minimum Gasteiger partial charge on any atom is -0.314 e. The lowest BCUT2D eigenvalue weighted by molar-refractivity contribution is 0.494. The van der Waals surface area contributed by atoms with E-state index in [1.165, 1.54) is 0 Å². The molecule has 0 saturated carbocycles. The molecule has 0 bridgehead atoms.